The maximum Gasteiger partial charge on any atom is 0.264 e. The number of aryl methyl sites for hydroxylation is 1. The summed E-state index contributed by atoms with van der Waals surface area (Å²) in [6, 6.07) is 9.05. The molecular weight excluding hydrogens is 284 g/mol. The quantitative estimate of drug-likeness (QED) is 0.873. The van der Waals surface area contributed by atoms with Crippen LogP contribution < -0.4 is 4.31 Å². The van der Waals surface area contributed by atoms with Gasteiger partial charge in [-0.1, -0.05) is 12.1 Å². The van der Waals surface area contributed by atoms with Crippen LogP contribution >= 0.6 is 0 Å². The molecule has 6 heteroatoms. The molecule has 0 aliphatic carbocycles. The summed E-state index contributed by atoms with van der Waals surface area (Å²) in [5, 5.41) is 0. The van der Waals surface area contributed by atoms with Gasteiger partial charge >= 0.3 is 0 Å². The predicted molar refractivity (Wildman–Crippen MR) is 73.1 cm³/mol. The van der Waals surface area contributed by atoms with Crippen molar-refractivity contribution in [1.29, 1.82) is 0 Å². The fourth-order valence-electron chi connectivity index (χ4n) is 1.80. The van der Waals surface area contributed by atoms with Crippen molar-refractivity contribution in [2.45, 2.75) is 11.8 Å². The fourth-order valence-corrected chi connectivity index (χ4v) is 3.11. The number of hydrogen-bond acceptors (Lipinski definition) is 2. The van der Waals surface area contributed by atoms with Crippen LogP contribution in [0.1, 0.15) is 5.56 Å². The van der Waals surface area contributed by atoms with Crippen LogP contribution in [0.5, 0.6) is 0 Å². The Hall–Kier alpha value is -1.95. The second kappa shape index (κ2) is 5.20. The zero-order chi connectivity index (χ0) is 14.9. The van der Waals surface area contributed by atoms with Crippen molar-refractivity contribution in [1.82, 2.24) is 0 Å². The van der Waals surface area contributed by atoms with Crippen LogP contribution in [-0.2, 0) is 10.0 Å². The summed E-state index contributed by atoms with van der Waals surface area (Å²) in [7, 11) is -2.65. The smallest absolute Gasteiger partial charge is 0.264 e. The molecule has 0 unspecified atom stereocenters. The summed E-state index contributed by atoms with van der Waals surface area (Å²) >= 11 is 0. The SMILES string of the molecule is Cc1cccc(S(=O)(=O)N(C)c2ccc(F)cc2F)c1. The minimum atomic E-state index is -3.88. The van der Waals surface area contributed by atoms with E-state index in [1.165, 1.54) is 19.2 Å². The van der Waals surface area contributed by atoms with Crippen molar-refractivity contribution in [2.24, 2.45) is 0 Å². The normalized spacial score (nSPS) is 11.4. The van der Waals surface area contributed by atoms with Gasteiger partial charge in [0.25, 0.3) is 10.0 Å². The Morgan fingerprint density at radius 3 is 2.35 bits per heavy atom. The average molecular weight is 297 g/mol. The Morgan fingerprint density at radius 1 is 1.05 bits per heavy atom. The molecule has 0 aliphatic rings. The number of sulfonamides is 1. The second-order valence-electron chi connectivity index (χ2n) is 4.38. The van der Waals surface area contributed by atoms with Crippen LogP contribution in [0.2, 0.25) is 0 Å². The van der Waals surface area contributed by atoms with Crippen molar-refractivity contribution in [3.8, 4) is 0 Å². The number of nitrogens with zero attached hydrogens (tertiary/aromatic N) is 1. The van der Waals surface area contributed by atoms with Crippen LogP contribution in [0.25, 0.3) is 0 Å². The first kappa shape index (κ1) is 14.5. The van der Waals surface area contributed by atoms with Gasteiger partial charge in [0.15, 0.2) is 0 Å². The minimum Gasteiger partial charge on any atom is -0.266 e. The molecule has 0 saturated carbocycles. The van der Waals surface area contributed by atoms with E-state index in [1.54, 1.807) is 19.1 Å². The molecule has 3 nitrogen and oxygen atoms in total. The van der Waals surface area contributed by atoms with Crippen molar-refractivity contribution in [3.63, 3.8) is 0 Å². The van der Waals surface area contributed by atoms with E-state index < -0.39 is 21.7 Å². The lowest BCUT2D eigenvalue weighted by molar-refractivity contribution is 0.577. The van der Waals surface area contributed by atoms with Crippen molar-refractivity contribution in [2.75, 3.05) is 11.4 Å². The maximum atomic E-state index is 13.7. The van der Waals surface area contributed by atoms with Gasteiger partial charge in [0.1, 0.15) is 11.6 Å². The molecule has 0 aliphatic heterocycles. The maximum absolute atomic E-state index is 13.7. The van der Waals surface area contributed by atoms with Crippen molar-refractivity contribution in [3.05, 3.63) is 59.7 Å². The first-order chi connectivity index (χ1) is 9.32. The van der Waals surface area contributed by atoms with E-state index in [0.717, 1.165) is 22.0 Å². The predicted octanol–water partition coefficient (Wildman–Crippen LogP) is 3.10. The van der Waals surface area contributed by atoms with Gasteiger partial charge in [-0.2, -0.15) is 0 Å². The second-order valence-corrected chi connectivity index (χ2v) is 6.35. The zero-order valence-corrected chi connectivity index (χ0v) is 11.8. The van der Waals surface area contributed by atoms with Gasteiger partial charge in [0, 0.05) is 13.1 Å². The highest BCUT2D eigenvalue weighted by atomic mass is 32.2. The monoisotopic (exact) mass is 297 g/mol. The molecule has 0 N–H and O–H groups in total. The summed E-state index contributed by atoms with van der Waals surface area (Å²) in [5.74, 6) is -1.68. The van der Waals surface area contributed by atoms with Gasteiger partial charge in [-0.15, -0.1) is 0 Å². The molecule has 20 heavy (non-hydrogen) atoms. The first-order valence-corrected chi connectivity index (χ1v) is 7.27. The third-order valence-electron chi connectivity index (χ3n) is 2.90. The molecule has 0 amide bonds. The van der Waals surface area contributed by atoms with Crippen molar-refractivity contribution < 1.29 is 17.2 Å². The molecule has 0 spiro atoms. The molecule has 0 bridgehead atoms. The fraction of sp³-hybridized carbons (Fsp3) is 0.143. The van der Waals surface area contributed by atoms with Crippen molar-refractivity contribution >= 4 is 15.7 Å². The van der Waals surface area contributed by atoms with Gasteiger partial charge in [-0.05, 0) is 36.8 Å². The van der Waals surface area contributed by atoms with E-state index in [4.69, 9.17) is 0 Å². The van der Waals surface area contributed by atoms with Gasteiger partial charge in [0.05, 0.1) is 10.6 Å². The summed E-state index contributed by atoms with van der Waals surface area (Å²) < 4.78 is 52.1. The third-order valence-corrected chi connectivity index (χ3v) is 4.66. The van der Waals surface area contributed by atoms with E-state index in [2.05, 4.69) is 0 Å². The average Bonchev–Trinajstić information content (AvgIpc) is 2.38. The summed E-state index contributed by atoms with van der Waals surface area (Å²) in [5.41, 5.74) is 0.576. The third kappa shape index (κ3) is 2.65. The Labute approximate surface area is 116 Å². The molecule has 106 valence electrons. The van der Waals surface area contributed by atoms with E-state index in [1.807, 2.05) is 0 Å². The van der Waals surface area contributed by atoms with Gasteiger partial charge < -0.3 is 0 Å². The largest absolute Gasteiger partial charge is 0.266 e. The molecule has 2 rings (SSSR count). The molecule has 0 atom stereocenters. The van der Waals surface area contributed by atoms with Crippen LogP contribution in [0.3, 0.4) is 0 Å². The Bertz CT molecular complexity index is 745. The lowest BCUT2D eigenvalue weighted by Gasteiger charge is -2.20. The molecule has 0 heterocycles. The summed E-state index contributed by atoms with van der Waals surface area (Å²) in [6.07, 6.45) is 0. The van der Waals surface area contributed by atoms with Crippen LogP contribution in [0.15, 0.2) is 47.4 Å². The molecule has 2 aromatic carbocycles. The standard InChI is InChI=1S/C14H13F2NO2S/c1-10-4-3-5-12(8-10)20(18,19)17(2)14-7-6-11(15)9-13(14)16/h3-9H,1-2H3. The van der Waals surface area contributed by atoms with E-state index >= 15 is 0 Å². The lowest BCUT2D eigenvalue weighted by Crippen LogP contribution is -2.27. The van der Waals surface area contributed by atoms with Gasteiger partial charge in [0.2, 0.25) is 0 Å². The first-order valence-electron chi connectivity index (χ1n) is 5.83. The molecule has 0 radical (unpaired) electrons. The van der Waals surface area contributed by atoms with Crippen LogP contribution in [-0.4, -0.2) is 15.5 Å². The molecular formula is C14H13F2NO2S. The Balaban J connectivity index is 2.49. The molecule has 2 aromatic rings. The number of hydrogen-bond donors (Lipinski definition) is 0. The van der Waals surface area contributed by atoms with E-state index in [0.29, 0.717) is 6.07 Å². The Kier molecular flexibility index (Phi) is 3.76. The van der Waals surface area contributed by atoms with Crippen LogP contribution in [0.4, 0.5) is 14.5 Å². The number of halogens is 2. The molecule has 0 aromatic heterocycles. The molecule has 0 fully saturated rings. The van der Waals surface area contributed by atoms with E-state index in [9.17, 15) is 17.2 Å². The number of rotatable bonds is 3. The van der Waals surface area contributed by atoms with E-state index in [-0.39, 0.29) is 10.6 Å². The zero-order valence-electron chi connectivity index (χ0n) is 11.0. The Morgan fingerprint density at radius 2 is 1.75 bits per heavy atom. The molecule has 0 saturated heterocycles. The highest BCUT2D eigenvalue weighted by Crippen LogP contribution is 2.25. The highest BCUT2D eigenvalue weighted by Gasteiger charge is 2.23. The highest BCUT2D eigenvalue weighted by molar-refractivity contribution is 7.92. The topological polar surface area (TPSA) is 37.4 Å². The number of benzene rings is 2. The summed E-state index contributed by atoms with van der Waals surface area (Å²) in [6.45, 7) is 1.76. The number of anilines is 1. The summed E-state index contributed by atoms with van der Waals surface area (Å²) in [4.78, 5) is 0.0590. The van der Waals surface area contributed by atoms with Gasteiger partial charge in [-0.25, -0.2) is 17.2 Å². The van der Waals surface area contributed by atoms with Gasteiger partial charge in [-0.3, -0.25) is 4.31 Å². The lowest BCUT2D eigenvalue weighted by atomic mass is 10.2. The minimum absolute atomic E-state index is 0.0590. The van der Waals surface area contributed by atoms with Crippen LogP contribution in [0, 0.1) is 18.6 Å².